The lowest BCUT2D eigenvalue weighted by Crippen LogP contribution is -2.19. The van der Waals surface area contributed by atoms with Crippen molar-refractivity contribution in [1.82, 2.24) is 5.43 Å². The Kier molecular flexibility index (Phi) is 6.05. The van der Waals surface area contributed by atoms with E-state index in [0.717, 1.165) is 22.8 Å². The molecule has 0 heterocycles. The predicted octanol–water partition coefficient (Wildman–Crippen LogP) is 4.40. The molecule has 0 aliphatic rings. The first-order valence-corrected chi connectivity index (χ1v) is 8.85. The quantitative estimate of drug-likeness (QED) is 0.500. The lowest BCUT2D eigenvalue weighted by atomic mass is 10.0. The van der Waals surface area contributed by atoms with Crippen molar-refractivity contribution in [2.24, 2.45) is 5.10 Å². The number of rotatable bonds is 7. The molecule has 0 spiro atoms. The van der Waals surface area contributed by atoms with Crippen molar-refractivity contribution in [3.63, 3.8) is 0 Å². The largest absolute Gasteiger partial charge is 0.496 e. The molecule has 0 aliphatic carbocycles. The minimum atomic E-state index is -0.322. The summed E-state index contributed by atoms with van der Waals surface area (Å²) in [6, 6.07) is 19.0. The van der Waals surface area contributed by atoms with Gasteiger partial charge in [-0.1, -0.05) is 49.4 Å². The summed E-state index contributed by atoms with van der Waals surface area (Å²) in [4.78, 5) is 12.5. The first kappa shape index (κ1) is 18.5. The Morgan fingerprint density at radius 3 is 2.63 bits per heavy atom. The molecular weight excluding hydrogens is 340 g/mol. The number of benzene rings is 3. The maximum atomic E-state index is 12.5. The smallest absolute Gasteiger partial charge is 0.275 e. The van der Waals surface area contributed by atoms with Gasteiger partial charge in [0.05, 0.1) is 25.5 Å². The van der Waals surface area contributed by atoms with E-state index in [9.17, 15) is 4.79 Å². The number of hydrazone groups is 1. The molecule has 3 rings (SSSR count). The van der Waals surface area contributed by atoms with Gasteiger partial charge in [-0.15, -0.1) is 0 Å². The lowest BCUT2D eigenvalue weighted by molar-refractivity contribution is 0.0951. The van der Waals surface area contributed by atoms with Gasteiger partial charge in [-0.05, 0) is 35.4 Å². The van der Waals surface area contributed by atoms with Gasteiger partial charge in [-0.3, -0.25) is 4.79 Å². The van der Waals surface area contributed by atoms with Crippen LogP contribution in [0.1, 0.15) is 29.3 Å². The van der Waals surface area contributed by atoms with E-state index < -0.39 is 0 Å². The zero-order chi connectivity index (χ0) is 19.1. The standard InChI is InChI=1S/C22H22N2O3/c1-3-14-27-21-11-7-6-10-18(21)22(25)24-23-15-19-17-9-5-4-8-16(17)12-13-20(19)26-2/h4-13,15H,3,14H2,1-2H3,(H,24,25). The molecule has 1 amide bonds. The van der Waals surface area contributed by atoms with Gasteiger partial charge in [-0.2, -0.15) is 5.10 Å². The molecule has 1 N–H and O–H groups in total. The van der Waals surface area contributed by atoms with Gasteiger partial charge in [0, 0.05) is 5.56 Å². The molecule has 3 aromatic rings. The number of para-hydroxylation sites is 1. The minimum absolute atomic E-state index is 0.322. The molecule has 5 heteroatoms. The van der Waals surface area contributed by atoms with Crippen LogP contribution in [0.2, 0.25) is 0 Å². The highest BCUT2D eigenvalue weighted by Crippen LogP contribution is 2.26. The topological polar surface area (TPSA) is 59.9 Å². The van der Waals surface area contributed by atoms with Gasteiger partial charge in [0.25, 0.3) is 5.91 Å². The van der Waals surface area contributed by atoms with Crippen molar-refractivity contribution in [3.05, 3.63) is 71.8 Å². The molecule has 5 nitrogen and oxygen atoms in total. The molecule has 0 saturated carbocycles. The van der Waals surface area contributed by atoms with Crippen LogP contribution in [-0.4, -0.2) is 25.8 Å². The Hall–Kier alpha value is -3.34. The number of ether oxygens (including phenoxy) is 2. The van der Waals surface area contributed by atoms with Gasteiger partial charge in [-0.25, -0.2) is 5.43 Å². The highest BCUT2D eigenvalue weighted by molar-refractivity contribution is 6.03. The molecule has 0 atom stereocenters. The Bertz CT molecular complexity index is 967. The number of amides is 1. The highest BCUT2D eigenvalue weighted by Gasteiger charge is 2.11. The van der Waals surface area contributed by atoms with Crippen LogP contribution in [0, 0.1) is 0 Å². The average Bonchev–Trinajstić information content (AvgIpc) is 2.72. The second-order valence-electron chi connectivity index (χ2n) is 5.95. The summed E-state index contributed by atoms with van der Waals surface area (Å²) in [5.41, 5.74) is 3.84. The monoisotopic (exact) mass is 362 g/mol. The third kappa shape index (κ3) is 4.26. The van der Waals surface area contributed by atoms with Crippen LogP contribution in [-0.2, 0) is 0 Å². The molecular formula is C22H22N2O3. The van der Waals surface area contributed by atoms with Gasteiger partial charge in [0.1, 0.15) is 11.5 Å². The maximum absolute atomic E-state index is 12.5. The Morgan fingerprint density at radius 2 is 1.81 bits per heavy atom. The lowest BCUT2D eigenvalue weighted by Gasteiger charge is -2.10. The molecule has 0 saturated heterocycles. The molecule has 0 unspecified atom stereocenters. The Labute approximate surface area is 158 Å². The van der Waals surface area contributed by atoms with Crippen LogP contribution >= 0.6 is 0 Å². The molecule has 3 aromatic carbocycles. The summed E-state index contributed by atoms with van der Waals surface area (Å²) < 4.78 is 11.1. The second-order valence-corrected chi connectivity index (χ2v) is 5.95. The number of nitrogens with zero attached hydrogens (tertiary/aromatic N) is 1. The van der Waals surface area contributed by atoms with Gasteiger partial charge in [0.2, 0.25) is 0 Å². The molecule has 0 aromatic heterocycles. The Morgan fingerprint density at radius 1 is 1.04 bits per heavy atom. The van der Waals surface area contributed by atoms with Crippen LogP contribution in [0.3, 0.4) is 0 Å². The third-order valence-corrected chi connectivity index (χ3v) is 4.10. The highest BCUT2D eigenvalue weighted by atomic mass is 16.5. The van der Waals surface area contributed by atoms with Crippen molar-refractivity contribution >= 4 is 22.9 Å². The van der Waals surface area contributed by atoms with Crippen LogP contribution in [0.4, 0.5) is 0 Å². The van der Waals surface area contributed by atoms with Crippen molar-refractivity contribution in [2.75, 3.05) is 13.7 Å². The van der Waals surface area contributed by atoms with E-state index in [1.807, 2.05) is 49.4 Å². The fourth-order valence-corrected chi connectivity index (χ4v) is 2.79. The Balaban J connectivity index is 1.82. The number of carbonyl (C=O) groups excluding carboxylic acids is 1. The number of methoxy groups -OCH3 is 1. The average molecular weight is 362 g/mol. The zero-order valence-corrected chi connectivity index (χ0v) is 15.4. The summed E-state index contributed by atoms with van der Waals surface area (Å²) >= 11 is 0. The van der Waals surface area contributed by atoms with Crippen LogP contribution < -0.4 is 14.9 Å². The van der Waals surface area contributed by atoms with Crippen molar-refractivity contribution < 1.29 is 14.3 Å². The van der Waals surface area contributed by atoms with Gasteiger partial charge < -0.3 is 9.47 Å². The molecule has 27 heavy (non-hydrogen) atoms. The van der Waals surface area contributed by atoms with Crippen molar-refractivity contribution in [2.45, 2.75) is 13.3 Å². The van der Waals surface area contributed by atoms with E-state index in [1.54, 1.807) is 31.5 Å². The minimum Gasteiger partial charge on any atom is -0.496 e. The summed E-state index contributed by atoms with van der Waals surface area (Å²) in [5.74, 6) is 0.922. The number of hydrogen-bond donors (Lipinski definition) is 1. The van der Waals surface area contributed by atoms with E-state index >= 15 is 0 Å². The molecule has 0 radical (unpaired) electrons. The van der Waals surface area contributed by atoms with Crippen molar-refractivity contribution in [3.8, 4) is 11.5 Å². The van der Waals surface area contributed by atoms with E-state index in [-0.39, 0.29) is 5.91 Å². The summed E-state index contributed by atoms with van der Waals surface area (Å²) in [6.07, 6.45) is 2.48. The molecule has 0 aliphatic heterocycles. The zero-order valence-electron chi connectivity index (χ0n) is 15.4. The normalized spacial score (nSPS) is 10.9. The van der Waals surface area contributed by atoms with E-state index in [1.165, 1.54) is 0 Å². The van der Waals surface area contributed by atoms with Crippen LogP contribution in [0.25, 0.3) is 10.8 Å². The number of fused-ring (bicyclic) bond motifs is 1. The number of carbonyl (C=O) groups is 1. The van der Waals surface area contributed by atoms with E-state index in [4.69, 9.17) is 9.47 Å². The predicted molar refractivity (Wildman–Crippen MR) is 108 cm³/mol. The fraction of sp³-hybridized carbons (Fsp3) is 0.182. The molecule has 0 bridgehead atoms. The molecule has 138 valence electrons. The maximum Gasteiger partial charge on any atom is 0.275 e. The van der Waals surface area contributed by atoms with E-state index in [2.05, 4.69) is 10.5 Å². The molecule has 0 fully saturated rings. The summed E-state index contributed by atoms with van der Waals surface area (Å²) in [6.45, 7) is 2.57. The number of nitrogens with one attached hydrogen (secondary N) is 1. The summed E-state index contributed by atoms with van der Waals surface area (Å²) in [7, 11) is 1.61. The van der Waals surface area contributed by atoms with Crippen LogP contribution in [0.15, 0.2) is 65.8 Å². The first-order chi connectivity index (χ1) is 13.2. The second kappa shape index (κ2) is 8.85. The first-order valence-electron chi connectivity index (χ1n) is 8.85. The van der Waals surface area contributed by atoms with Gasteiger partial charge >= 0.3 is 0 Å². The van der Waals surface area contributed by atoms with E-state index in [0.29, 0.717) is 23.7 Å². The third-order valence-electron chi connectivity index (χ3n) is 4.10. The number of hydrogen-bond acceptors (Lipinski definition) is 4. The van der Waals surface area contributed by atoms with Crippen molar-refractivity contribution in [1.29, 1.82) is 0 Å². The van der Waals surface area contributed by atoms with Gasteiger partial charge in [0.15, 0.2) is 0 Å². The SMILES string of the molecule is CCCOc1ccccc1C(=O)NN=Cc1c(OC)ccc2ccccc12. The van der Waals surface area contributed by atoms with Crippen LogP contribution in [0.5, 0.6) is 11.5 Å². The fourth-order valence-electron chi connectivity index (χ4n) is 2.79. The summed E-state index contributed by atoms with van der Waals surface area (Å²) in [5, 5.41) is 6.21.